The molecule has 0 aromatic heterocycles. The molecule has 3 heteroatoms. The average molecular weight is 194 g/mol. The first-order valence-corrected chi connectivity index (χ1v) is 3.53. The topological polar surface area (TPSA) is 0 Å². The van der Waals surface area contributed by atoms with Crippen molar-refractivity contribution in [3.8, 4) is 0 Å². The largest absolute Gasteiger partial charge is 0.182 e. The molecule has 0 radical (unpaired) electrons. The van der Waals surface area contributed by atoms with Gasteiger partial charge in [0.15, 0.2) is 4.46 Å². The van der Waals surface area contributed by atoms with E-state index in [9.17, 15) is 0 Å². The molecule has 0 unspecified atom stereocenters. The van der Waals surface area contributed by atoms with E-state index in [1.165, 1.54) is 0 Å². The lowest BCUT2D eigenvalue weighted by molar-refractivity contribution is 2.07. The average Bonchev–Trinajstić information content (AvgIpc) is 1.36. The summed E-state index contributed by atoms with van der Waals surface area (Å²) >= 11 is 2.43. The molecule has 0 aliphatic carbocycles. The summed E-state index contributed by atoms with van der Waals surface area (Å²) in [5.74, 6) is 0. The highest BCUT2D eigenvalue weighted by Gasteiger charge is 2.07. The zero-order chi connectivity index (χ0) is 5.15. The van der Waals surface area contributed by atoms with Crippen molar-refractivity contribution in [3.05, 3.63) is 0 Å². The van der Waals surface area contributed by atoms with Gasteiger partial charge in [-0.25, -0.2) is 0 Å². The highest BCUT2D eigenvalue weighted by molar-refractivity contribution is 14.1. The van der Waals surface area contributed by atoms with Gasteiger partial charge >= 0.3 is 0 Å². The monoisotopic (exact) mass is 194 g/mol. The summed E-state index contributed by atoms with van der Waals surface area (Å²) < 4.78 is 0.822. The quantitative estimate of drug-likeness (QED) is 0.441. The van der Waals surface area contributed by atoms with Gasteiger partial charge in [0.05, 0.1) is 0 Å². The Morgan fingerprint density at radius 1 is 1.17 bits per heavy atom. The van der Waals surface area contributed by atoms with Gasteiger partial charge in [0.1, 0.15) is 6.60 Å². The van der Waals surface area contributed by atoms with Gasteiger partial charge in [0, 0.05) is 0 Å². The van der Waals surface area contributed by atoms with Crippen molar-refractivity contribution in [2.45, 2.75) is 20.5 Å². The van der Waals surface area contributed by atoms with Crippen LogP contribution < -0.4 is 0 Å². The number of hydrogen-bond acceptors (Lipinski definition) is 0. The Balaban J connectivity index is 2.99. The third-order valence-corrected chi connectivity index (χ3v) is 2.36. The Kier molecular flexibility index (Phi) is 3.36. The molecular formula is C3H9B2I. The molecule has 0 aromatic carbocycles. The van der Waals surface area contributed by atoms with Gasteiger partial charge in [-0.3, -0.25) is 0 Å². The van der Waals surface area contributed by atoms with Gasteiger partial charge in [-0.2, -0.15) is 22.4 Å². The minimum absolute atomic E-state index is 0.822. The second-order valence-electron chi connectivity index (χ2n) is 1.92. The summed E-state index contributed by atoms with van der Waals surface area (Å²) in [5, 5.41) is 0. The molecule has 0 aliphatic rings. The Morgan fingerprint density at radius 2 is 1.33 bits per heavy atom. The van der Waals surface area contributed by atoms with Crippen molar-refractivity contribution in [1.29, 1.82) is 0 Å². The maximum Gasteiger partial charge on any atom is 0.182 e. The van der Waals surface area contributed by atoms with Gasteiger partial charge in [-0.05, 0) is 0 Å². The van der Waals surface area contributed by atoms with Gasteiger partial charge in [0.25, 0.3) is 0 Å². The van der Waals surface area contributed by atoms with Gasteiger partial charge in [0.2, 0.25) is 0 Å². The zero-order valence-corrected chi connectivity index (χ0v) is 6.69. The Bertz CT molecular complexity index is 29.8. The van der Waals surface area contributed by atoms with Crippen LogP contribution in [0.1, 0.15) is 0 Å². The van der Waals surface area contributed by atoms with Crippen LogP contribution >= 0.6 is 22.4 Å². The third-order valence-electron chi connectivity index (χ3n) is 0.919. The van der Waals surface area contributed by atoms with Crippen LogP contribution in [-0.4, -0.2) is 11.1 Å². The van der Waals surface area contributed by atoms with Crippen LogP contribution in [0.15, 0.2) is 0 Å². The Labute approximate surface area is 54.1 Å². The molecule has 0 fully saturated rings. The van der Waals surface area contributed by atoms with Crippen molar-refractivity contribution in [3.63, 3.8) is 0 Å². The predicted octanol–water partition coefficient (Wildman–Crippen LogP) is 1.88. The van der Waals surface area contributed by atoms with E-state index in [2.05, 4.69) is 42.8 Å². The van der Waals surface area contributed by atoms with Crippen LogP contribution in [0.25, 0.3) is 0 Å². The van der Waals surface area contributed by atoms with E-state index in [0.29, 0.717) is 0 Å². The lowest BCUT2D eigenvalue weighted by atomic mass is 9.25. The van der Waals surface area contributed by atoms with Crippen molar-refractivity contribution in [2.24, 2.45) is 0 Å². The van der Waals surface area contributed by atoms with E-state index in [-0.39, 0.29) is 0 Å². The van der Waals surface area contributed by atoms with Crippen molar-refractivity contribution >= 4 is 33.4 Å². The molecule has 0 aliphatic heterocycles. The first kappa shape index (κ1) is 6.86. The van der Waals surface area contributed by atoms with Crippen LogP contribution in [0.4, 0.5) is 0 Å². The van der Waals surface area contributed by atoms with E-state index in [0.717, 1.165) is 11.1 Å². The molecule has 34 valence electrons. The van der Waals surface area contributed by atoms with Gasteiger partial charge in [-0.1, -0.05) is 20.5 Å². The minimum atomic E-state index is 0.822. The zero-order valence-electron chi connectivity index (χ0n) is 4.53. The lowest BCUT2D eigenvalue weighted by Crippen LogP contribution is -2.17. The maximum absolute atomic E-state index is 2.43. The highest BCUT2D eigenvalue weighted by atomic mass is 127. The fourth-order valence-electron chi connectivity index (χ4n) is 0. The number of rotatable bonds is 1. The SMILES string of the molecule is CB(C)B(C)I. The van der Waals surface area contributed by atoms with Crippen molar-refractivity contribution < 1.29 is 0 Å². The normalized spacial score (nSPS) is 8.00. The maximum atomic E-state index is 2.43. The lowest BCUT2D eigenvalue weighted by Gasteiger charge is -1.94. The summed E-state index contributed by atoms with van der Waals surface area (Å²) in [6.07, 6.45) is 0. The minimum Gasteiger partial charge on any atom is -0.160 e. The molecule has 6 heavy (non-hydrogen) atoms. The highest BCUT2D eigenvalue weighted by Crippen LogP contribution is 1.96. The molecule has 0 heterocycles. The number of halogens is 1. The van der Waals surface area contributed by atoms with Gasteiger partial charge in [-0.15, -0.1) is 0 Å². The molecule has 0 saturated heterocycles. The van der Waals surface area contributed by atoms with Crippen LogP contribution in [0.3, 0.4) is 0 Å². The summed E-state index contributed by atoms with van der Waals surface area (Å²) in [6, 6.07) is 0. The molecule has 0 rings (SSSR count). The van der Waals surface area contributed by atoms with Crippen molar-refractivity contribution in [2.75, 3.05) is 0 Å². The first-order chi connectivity index (χ1) is 2.64. The summed E-state index contributed by atoms with van der Waals surface area (Å²) in [6.45, 7) is 7.53. The first-order valence-electron chi connectivity index (χ1n) is 2.28. The molecule has 0 nitrogen and oxygen atoms in total. The molecule has 0 amide bonds. The molecule has 0 atom stereocenters. The second kappa shape index (κ2) is 2.94. The standard InChI is InChI=1S/C3H9B2I/c1-4(2)5(3)6/h1-3H3. The van der Waals surface area contributed by atoms with Crippen LogP contribution in [0.5, 0.6) is 0 Å². The molecule has 0 bridgehead atoms. The Morgan fingerprint density at radius 3 is 1.33 bits per heavy atom. The smallest absolute Gasteiger partial charge is 0.160 e. The summed E-state index contributed by atoms with van der Waals surface area (Å²) in [7, 11) is 0. The molecule has 0 N–H and O–H groups in total. The molecule has 0 spiro atoms. The predicted molar refractivity (Wildman–Crippen MR) is 43.1 cm³/mol. The fourth-order valence-corrected chi connectivity index (χ4v) is 0. The van der Waals surface area contributed by atoms with Gasteiger partial charge < -0.3 is 0 Å². The summed E-state index contributed by atoms with van der Waals surface area (Å²) in [4.78, 5) is 0. The second-order valence-corrected chi connectivity index (χ2v) is 3.89. The van der Waals surface area contributed by atoms with E-state index >= 15 is 0 Å². The van der Waals surface area contributed by atoms with Crippen molar-refractivity contribution in [1.82, 2.24) is 0 Å². The van der Waals surface area contributed by atoms with Crippen LogP contribution in [0, 0.1) is 0 Å². The third kappa shape index (κ3) is 3.07. The van der Waals surface area contributed by atoms with Crippen LogP contribution in [-0.2, 0) is 0 Å². The van der Waals surface area contributed by atoms with Crippen LogP contribution in [0.2, 0.25) is 20.5 Å². The molecule has 0 saturated carbocycles. The summed E-state index contributed by atoms with van der Waals surface area (Å²) in [5.41, 5.74) is 0. The molecule has 0 aromatic rings. The molecular weight excluding hydrogens is 185 g/mol. The van der Waals surface area contributed by atoms with E-state index in [4.69, 9.17) is 0 Å². The number of hydrogen-bond donors (Lipinski definition) is 0. The fraction of sp³-hybridized carbons (Fsp3) is 1.00. The Hall–Kier alpha value is 0.860. The van der Waals surface area contributed by atoms with E-state index in [1.807, 2.05) is 0 Å². The van der Waals surface area contributed by atoms with E-state index < -0.39 is 0 Å². The van der Waals surface area contributed by atoms with E-state index in [1.54, 1.807) is 0 Å².